The molecule has 0 aliphatic rings. The van der Waals surface area contributed by atoms with Crippen LogP contribution in [0.15, 0.2) is 18.5 Å². The second kappa shape index (κ2) is 5.20. The summed E-state index contributed by atoms with van der Waals surface area (Å²) in [6.45, 7) is 0. The van der Waals surface area contributed by atoms with Gasteiger partial charge in [0.2, 0.25) is 11.2 Å². The summed E-state index contributed by atoms with van der Waals surface area (Å²) in [7, 11) is 3.28. The fraction of sp³-hybridized carbons (Fsp3) is 0.273. The molecule has 0 spiro atoms. The number of hydrogen-bond acceptors (Lipinski definition) is 5. The molecule has 0 bridgehead atoms. The van der Waals surface area contributed by atoms with Gasteiger partial charge in [0.05, 0.1) is 5.56 Å². The van der Waals surface area contributed by atoms with Crippen molar-refractivity contribution in [3.05, 3.63) is 29.3 Å². The van der Waals surface area contributed by atoms with Crippen LogP contribution in [0, 0.1) is 0 Å². The number of anilines is 1. The molecular formula is C11H9ClF3N5. The Labute approximate surface area is 117 Å². The first-order chi connectivity index (χ1) is 9.29. The monoisotopic (exact) mass is 303 g/mol. The van der Waals surface area contributed by atoms with Gasteiger partial charge in [0, 0.05) is 32.1 Å². The van der Waals surface area contributed by atoms with Gasteiger partial charge in [-0.25, -0.2) is 0 Å². The highest BCUT2D eigenvalue weighted by Crippen LogP contribution is 2.35. The number of nitrogens with zero attached hydrogens (tertiary/aromatic N) is 5. The van der Waals surface area contributed by atoms with Crippen LogP contribution in [0.3, 0.4) is 0 Å². The van der Waals surface area contributed by atoms with Crippen molar-refractivity contribution in [2.24, 2.45) is 0 Å². The van der Waals surface area contributed by atoms with E-state index >= 15 is 0 Å². The van der Waals surface area contributed by atoms with Crippen LogP contribution in [0.25, 0.3) is 11.4 Å². The van der Waals surface area contributed by atoms with Crippen LogP contribution in [0.5, 0.6) is 0 Å². The molecule has 0 aromatic carbocycles. The molecule has 0 saturated heterocycles. The van der Waals surface area contributed by atoms with Crippen molar-refractivity contribution in [3.63, 3.8) is 0 Å². The molecule has 2 heterocycles. The van der Waals surface area contributed by atoms with Gasteiger partial charge in [-0.15, -0.1) is 0 Å². The molecule has 0 N–H and O–H groups in total. The van der Waals surface area contributed by atoms with Crippen LogP contribution in [0.2, 0.25) is 5.28 Å². The van der Waals surface area contributed by atoms with E-state index in [4.69, 9.17) is 11.6 Å². The lowest BCUT2D eigenvalue weighted by Gasteiger charge is -2.14. The van der Waals surface area contributed by atoms with Gasteiger partial charge in [-0.1, -0.05) is 0 Å². The summed E-state index contributed by atoms with van der Waals surface area (Å²) in [4.78, 5) is 16.7. The van der Waals surface area contributed by atoms with Crippen LogP contribution >= 0.6 is 11.6 Å². The molecule has 0 unspecified atom stereocenters. The van der Waals surface area contributed by atoms with Crippen LogP contribution in [0.1, 0.15) is 5.56 Å². The highest BCUT2D eigenvalue weighted by molar-refractivity contribution is 6.28. The molecular weight excluding hydrogens is 295 g/mol. The maximum atomic E-state index is 13.0. The van der Waals surface area contributed by atoms with E-state index in [2.05, 4.69) is 19.9 Å². The first-order valence-corrected chi connectivity index (χ1v) is 5.77. The zero-order chi connectivity index (χ0) is 14.9. The van der Waals surface area contributed by atoms with E-state index in [1.807, 2.05) is 0 Å². The van der Waals surface area contributed by atoms with Crippen molar-refractivity contribution in [2.45, 2.75) is 6.18 Å². The van der Waals surface area contributed by atoms with Gasteiger partial charge in [-0.3, -0.25) is 4.98 Å². The van der Waals surface area contributed by atoms with Gasteiger partial charge in [-0.2, -0.15) is 28.1 Å². The van der Waals surface area contributed by atoms with Crippen LogP contribution < -0.4 is 4.90 Å². The molecule has 0 radical (unpaired) electrons. The standard InChI is InChI=1S/C11H9ClF3N5/c1-20(2)10-18-8(17-9(12)19-10)6-5-16-4-3-7(6)11(13,14)15/h3-5H,1-2H3. The summed E-state index contributed by atoms with van der Waals surface area (Å²) in [5.41, 5.74) is -1.12. The van der Waals surface area contributed by atoms with Crippen molar-refractivity contribution in [2.75, 3.05) is 19.0 Å². The first kappa shape index (κ1) is 14.4. The van der Waals surface area contributed by atoms with Gasteiger partial charge in [0.15, 0.2) is 5.82 Å². The zero-order valence-corrected chi connectivity index (χ0v) is 11.2. The zero-order valence-electron chi connectivity index (χ0n) is 10.5. The summed E-state index contributed by atoms with van der Waals surface area (Å²) in [6, 6.07) is 0.863. The van der Waals surface area contributed by atoms with Gasteiger partial charge in [-0.05, 0) is 17.7 Å². The lowest BCUT2D eigenvalue weighted by atomic mass is 10.1. The number of alkyl halides is 3. The van der Waals surface area contributed by atoms with E-state index in [1.54, 1.807) is 14.1 Å². The highest BCUT2D eigenvalue weighted by atomic mass is 35.5. The van der Waals surface area contributed by atoms with Crippen LogP contribution in [0.4, 0.5) is 19.1 Å². The minimum atomic E-state index is -4.53. The molecule has 0 aliphatic heterocycles. The van der Waals surface area contributed by atoms with Crippen molar-refractivity contribution < 1.29 is 13.2 Å². The molecule has 0 atom stereocenters. The Bertz CT molecular complexity index is 630. The number of aromatic nitrogens is 4. The summed E-state index contributed by atoms with van der Waals surface area (Å²) in [5.74, 6) is -0.00824. The molecule has 0 fully saturated rings. The highest BCUT2D eigenvalue weighted by Gasteiger charge is 2.34. The fourth-order valence-corrected chi connectivity index (χ4v) is 1.64. The van der Waals surface area contributed by atoms with E-state index in [0.717, 1.165) is 18.5 Å². The normalized spacial score (nSPS) is 11.5. The minimum absolute atomic E-state index is 0.164. The Kier molecular flexibility index (Phi) is 3.76. The SMILES string of the molecule is CN(C)c1nc(Cl)nc(-c2cnccc2C(F)(F)F)n1. The average Bonchev–Trinajstić information content (AvgIpc) is 2.37. The van der Waals surface area contributed by atoms with Crippen molar-refractivity contribution in [1.29, 1.82) is 0 Å². The number of rotatable bonds is 2. The Morgan fingerprint density at radius 1 is 1.15 bits per heavy atom. The molecule has 106 valence electrons. The predicted molar refractivity (Wildman–Crippen MR) is 67.4 cm³/mol. The lowest BCUT2D eigenvalue weighted by molar-refractivity contribution is -0.137. The Morgan fingerprint density at radius 3 is 2.45 bits per heavy atom. The second-order valence-corrected chi connectivity index (χ2v) is 4.38. The predicted octanol–water partition coefficient (Wildman–Crippen LogP) is 2.67. The smallest absolute Gasteiger partial charge is 0.347 e. The maximum Gasteiger partial charge on any atom is 0.417 e. The van der Waals surface area contributed by atoms with E-state index in [-0.39, 0.29) is 22.6 Å². The lowest BCUT2D eigenvalue weighted by Crippen LogP contribution is -2.15. The number of halogens is 4. The van der Waals surface area contributed by atoms with Crippen molar-refractivity contribution in [1.82, 2.24) is 19.9 Å². The Hall–Kier alpha value is -1.96. The van der Waals surface area contributed by atoms with Crippen molar-refractivity contribution >= 4 is 17.5 Å². The van der Waals surface area contributed by atoms with Crippen LogP contribution in [-0.2, 0) is 6.18 Å². The summed E-state index contributed by atoms with van der Waals surface area (Å²) in [6.07, 6.45) is -2.43. The topological polar surface area (TPSA) is 54.8 Å². The molecule has 0 saturated carbocycles. The summed E-state index contributed by atoms with van der Waals surface area (Å²) in [5, 5.41) is -0.185. The minimum Gasteiger partial charge on any atom is -0.347 e. The molecule has 5 nitrogen and oxygen atoms in total. The molecule has 0 amide bonds. The largest absolute Gasteiger partial charge is 0.417 e. The summed E-state index contributed by atoms with van der Waals surface area (Å²) < 4.78 is 38.9. The fourth-order valence-electron chi connectivity index (χ4n) is 1.48. The number of hydrogen-bond donors (Lipinski definition) is 0. The first-order valence-electron chi connectivity index (χ1n) is 5.39. The van der Waals surface area contributed by atoms with Gasteiger partial charge in [0.25, 0.3) is 0 Å². The molecule has 2 aromatic heterocycles. The van der Waals surface area contributed by atoms with Crippen molar-refractivity contribution in [3.8, 4) is 11.4 Å². The quantitative estimate of drug-likeness (QED) is 0.854. The molecule has 2 rings (SSSR count). The van der Waals surface area contributed by atoms with Gasteiger partial charge >= 0.3 is 6.18 Å². The van der Waals surface area contributed by atoms with E-state index in [1.165, 1.54) is 4.90 Å². The van der Waals surface area contributed by atoms with Gasteiger partial charge in [0.1, 0.15) is 0 Å². The summed E-state index contributed by atoms with van der Waals surface area (Å²) >= 11 is 5.72. The molecule has 20 heavy (non-hydrogen) atoms. The van der Waals surface area contributed by atoms with Crippen LogP contribution in [-0.4, -0.2) is 34.0 Å². The number of pyridine rings is 1. The van der Waals surface area contributed by atoms with Gasteiger partial charge < -0.3 is 4.90 Å². The third-order valence-corrected chi connectivity index (χ3v) is 2.53. The third-order valence-electron chi connectivity index (χ3n) is 2.36. The van der Waals surface area contributed by atoms with E-state index < -0.39 is 11.7 Å². The molecule has 2 aromatic rings. The van der Waals surface area contributed by atoms with E-state index in [0.29, 0.717) is 0 Å². The average molecular weight is 304 g/mol. The molecule has 0 aliphatic carbocycles. The second-order valence-electron chi connectivity index (χ2n) is 4.04. The third kappa shape index (κ3) is 2.96. The molecule has 9 heteroatoms. The maximum absolute atomic E-state index is 13.0. The Morgan fingerprint density at radius 2 is 1.85 bits per heavy atom. The Balaban J connectivity index is 2.63. The van der Waals surface area contributed by atoms with E-state index in [9.17, 15) is 13.2 Å².